The van der Waals surface area contributed by atoms with Gasteiger partial charge in [0.1, 0.15) is 5.82 Å². The molecule has 0 saturated carbocycles. The molecule has 0 aliphatic carbocycles. The fraction of sp³-hybridized carbons (Fsp3) is 0.190. The van der Waals surface area contributed by atoms with E-state index in [4.69, 9.17) is 9.47 Å². The topological polar surface area (TPSA) is 78.3 Å². The minimum absolute atomic E-state index is 0.0739. The maximum atomic E-state index is 12.6. The minimum Gasteiger partial charge on any atom is -0.493 e. The van der Waals surface area contributed by atoms with Gasteiger partial charge in [0.15, 0.2) is 11.5 Å². The zero-order valence-electron chi connectivity index (χ0n) is 15.9. The van der Waals surface area contributed by atoms with E-state index in [1.807, 2.05) is 42.5 Å². The molecule has 3 heterocycles. The number of anilines is 1. The van der Waals surface area contributed by atoms with E-state index in [9.17, 15) is 4.79 Å². The predicted octanol–water partition coefficient (Wildman–Crippen LogP) is 3.97. The Morgan fingerprint density at radius 3 is 2.76 bits per heavy atom. The first-order chi connectivity index (χ1) is 14.2. The second-order valence-corrected chi connectivity index (χ2v) is 7.72. The van der Waals surface area contributed by atoms with Gasteiger partial charge in [-0.25, -0.2) is 4.98 Å². The average molecular weight is 406 g/mol. The average Bonchev–Trinajstić information content (AvgIpc) is 3.36. The summed E-state index contributed by atoms with van der Waals surface area (Å²) in [4.78, 5) is 17.2. The van der Waals surface area contributed by atoms with Crippen molar-refractivity contribution < 1.29 is 14.3 Å². The molecule has 0 fully saturated rings. The van der Waals surface area contributed by atoms with Crippen LogP contribution in [0.5, 0.6) is 11.5 Å². The summed E-state index contributed by atoms with van der Waals surface area (Å²) in [5.74, 6) is 1.65. The number of rotatable bonds is 4. The number of carbonyl (C=O) groups is 1. The molecule has 0 saturated heterocycles. The SMILES string of the molecule is COc1cccc(C2CC(=O)Nc3c2cnn3-c2nc3ccccc3s2)c1OC. The molecule has 7 nitrogen and oxygen atoms in total. The number of ether oxygens (including phenoxy) is 2. The van der Waals surface area contributed by atoms with E-state index >= 15 is 0 Å². The molecule has 2 aromatic heterocycles. The molecule has 4 aromatic rings. The van der Waals surface area contributed by atoms with Gasteiger partial charge in [0, 0.05) is 23.5 Å². The number of nitrogens with zero attached hydrogens (tertiary/aromatic N) is 3. The molecular weight excluding hydrogens is 388 g/mol. The number of thiazole rings is 1. The van der Waals surface area contributed by atoms with Crippen LogP contribution in [0.4, 0.5) is 5.82 Å². The van der Waals surface area contributed by atoms with Crippen LogP contribution in [0, 0.1) is 0 Å². The first-order valence-corrected chi connectivity index (χ1v) is 9.96. The second kappa shape index (κ2) is 6.89. The zero-order valence-corrected chi connectivity index (χ0v) is 16.7. The van der Waals surface area contributed by atoms with Crippen LogP contribution in [0.25, 0.3) is 15.3 Å². The molecule has 29 heavy (non-hydrogen) atoms. The van der Waals surface area contributed by atoms with Gasteiger partial charge in [-0.2, -0.15) is 9.78 Å². The minimum atomic E-state index is -0.188. The lowest BCUT2D eigenvalue weighted by molar-refractivity contribution is -0.116. The van der Waals surface area contributed by atoms with E-state index in [2.05, 4.69) is 15.4 Å². The Kier molecular flexibility index (Phi) is 4.21. The summed E-state index contributed by atoms with van der Waals surface area (Å²) in [6.07, 6.45) is 2.10. The highest BCUT2D eigenvalue weighted by Gasteiger charge is 2.33. The number of methoxy groups -OCH3 is 2. The summed E-state index contributed by atoms with van der Waals surface area (Å²) >= 11 is 1.53. The van der Waals surface area contributed by atoms with Crippen molar-refractivity contribution >= 4 is 33.3 Å². The smallest absolute Gasteiger partial charge is 0.226 e. The lowest BCUT2D eigenvalue weighted by atomic mass is 9.86. The van der Waals surface area contributed by atoms with E-state index in [1.54, 1.807) is 25.1 Å². The van der Waals surface area contributed by atoms with Crippen molar-refractivity contribution in [2.24, 2.45) is 0 Å². The molecule has 1 unspecified atom stereocenters. The van der Waals surface area contributed by atoms with Crippen molar-refractivity contribution in [3.8, 4) is 16.6 Å². The number of amides is 1. The number of hydrogen-bond donors (Lipinski definition) is 1. The normalized spacial score (nSPS) is 15.8. The van der Waals surface area contributed by atoms with Gasteiger partial charge >= 0.3 is 0 Å². The molecule has 146 valence electrons. The van der Waals surface area contributed by atoms with Crippen molar-refractivity contribution in [1.82, 2.24) is 14.8 Å². The van der Waals surface area contributed by atoms with Gasteiger partial charge in [-0.05, 0) is 18.2 Å². The van der Waals surface area contributed by atoms with E-state index in [1.165, 1.54) is 11.3 Å². The highest BCUT2D eigenvalue weighted by molar-refractivity contribution is 7.20. The number of benzene rings is 2. The van der Waals surface area contributed by atoms with Gasteiger partial charge in [0.05, 0.1) is 30.6 Å². The summed E-state index contributed by atoms with van der Waals surface area (Å²) in [5.41, 5.74) is 2.73. The molecule has 5 rings (SSSR count). The van der Waals surface area contributed by atoms with Crippen molar-refractivity contribution in [2.75, 3.05) is 19.5 Å². The van der Waals surface area contributed by atoms with Crippen LogP contribution in [0.1, 0.15) is 23.5 Å². The second-order valence-electron chi connectivity index (χ2n) is 6.71. The van der Waals surface area contributed by atoms with Gasteiger partial charge in [0.25, 0.3) is 0 Å². The molecule has 0 bridgehead atoms. The maximum Gasteiger partial charge on any atom is 0.226 e. The van der Waals surface area contributed by atoms with Crippen LogP contribution in [0.3, 0.4) is 0 Å². The number of carbonyl (C=O) groups excluding carboxylic acids is 1. The van der Waals surface area contributed by atoms with Gasteiger partial charge < -0.3 is 14.8 Å². The fourth-order valence-corrected chi connectivity index (χ4v) is 4.71. The van der Waals surface area contributed by atoms with Gasteiger partial charge in [-0.3, -0.25) is 4.79 Å². The lowest BCUT2D eigenvalue weighted by Gasteiger charge is -2.25. The molecule has 0 radical (unpaired) electrons. The Bertz CT molecular complexity index is 1200. The molecule has 1 aliphatic heterocycles. The molecule has 1 atom stereocenters. The maximum absolute atomic E-state index is 12.6. The quantitative estimate of drug-likeness (QED) is 0.555. The Hall–Kier alpha value is -3.39. The van der Waals surface area contributed by atoms with E-state index in [0.717, 1.165) is 21.3 Å². The Balaban J connectivity index is 1.65. The first kappa shape index (κ1) is 17.7. The summed E-state index contributed by atoms with van der Waals surface area (Å²) in [6, 6.07) is 13.6. The zero-order chi connectivity index (χ0) is 20.0. The van der Waals surface area contributed by atoms with Crippen molar-refractivity contribution in [3.63, 3.8) is 0 Å². The highest BCUT2D eigenvalue weighted by atomic mass is 32.1. The Morgan fingerprint density at radius 1 is 1.10 bits per heavy atom. The molecule has 2 aromatic carbocycles. The standard InChI is InChI=1S/C21H18N4O3S/c1-27-16-8-5-6-12(19(16)28-2)13-10-18(26)24-20-14(13)11-22-25(20)21-23-15-7-3-4-9-17(15)29-21/h3-9,11,13H,10H2,1-2H3,(H,24,26). The number of nitrogens with one attached hydrogen (secondary N) is 1. The van der Waals surface area contributed by atoms with Crippen LogP contribution in [0.2, 0.25) is 0 Å². The molecule has 1 N–H and O–H groups in total. The van der Waals surface area contributed by atoms with E-state index in [0.29, 0.717) is 28.9 Å². The molecule has 0 spiro atoms. The monoisotopic (exact) mass is 406 g/mol. The summed E-state index contributed by atoms with van der Waals surface area (Å²) in [7, 11) is 3.21. The van der Waals surface area contributed by atoms with Crippen LogP contribution in [-0.2, 0) is 4.79 Å². The third-order valence-electron chi connectivity index (χ3n) is 5.09. The number of fused-ring (bicyclic) bond motifs is 2. The van der Waals surface area contributed by atoms with Gasteiger partial charge in [-0.1, -0.05) is 35.6 Å². The molecule has 8 heteroatoms. The fourth-order valence-electron chi connectivity index (χ4n) is 3.78. The lowest BCUT2D eigenvalue weighted by Crippen LogP contribution is -2.24. The third kappa shape index (κ3) is 2.84. The van der Waals surface area contributed by atoms with E-state index < -0.39 is 0 Å². The largest absolute Gasteiger partial charge is 0.493 e. The van der Waals surface area contributed by atoms with Gasteiger partial charge in [0.2, 0.25) is 11.0 Å². The third-order valence-corrected chi connectivity index (χ3v) is 6.10. The van der Waals surface area contributed by atoms with Crippen LogP contribution in [0.15, 0.2) is 48.7 Å². The molecule has 1 amide bonds. The van der Waals surface area contributed by atoms with Gasteiger partial charge in [-0.15, -0.1) is 0 Å². The number of para-hydroxylation sites is 2. The summed E-state index contributed by atoms with van der Waals surface area (Å²) < 4.78 is 13.8. The number of aromatic nitrogens is 3. The number of hydrogen-bond acceptors (Lipinski definition) is 6. The predicted molar refractivity (Wildman–Crippen MR) is 111 cm³/mol. The molecular formula is C21H18N4O3S. The Labute approximate surface area is 170 Å². The molecule has 1 aliphatic rings. The van der Waals surface area contributed by atoms with Crippen LogP contribution in [-0.4, -0.2) is 34.9 Å². The Morgan fingerprint density at radius 2 is 1.97 bits per heavy atom. The highest BCUT2D eigenvalue weighted by Crippen LogP contribution is 2.44. The first-order valence-electron chi connectivity index (χ1n) is 9.14. The van der Waals surface area contributed by atoms with Crippen LogP contribution < -0.4 is 14.8 Å². The van der Waals surface area contributed by atoms with E-state index in [-0.39, 0.29) is 11.8 Å². The summed E-state index contributed by atoms with van der Waals surface area (Å²) in [5, 5.41) is 8.24. The van der Waals surface area contributed by atoms with Crippen molar-refractivity contribution in [3.05, 3.63) is 59.8 Å². The van der Waals surface area contributed by atoms with Crippen molar-refractivity contribution in [2.45, 2.75) is 12.3 Å². The van der Waals surface area contributed by atoms with Crippen LogP contribution >= 0.6 is 11.3 Å². The summed E-state index contributed by atoms with van der Waals surface area (Å²) in [6.45, 7) is 0. The van der Waals surface area contributed by atoms with Crippen molar-refractivity contribution in [1.29, 1.82) is 0 Å².